The number of aromatic nitrogens is 1. The van der Waals surface area contributed by atoms with Crippen LogP contribution in [-0.4, -0.2) is 38.7 Å². The van der Waals surface area contributed by atoms with E-state index in [1.54, 1.807) is 0 Å². The van der Waals surface area contributed by atoms with Crippen molar-refractivity contribution < 1.29 is 21.6 Å². The molecule has 3 N–H and O–H groups in total. The summed E-state index contributed by atoms with van der Waals surface area (Å²) in [5, 5.41) is 6.32. The van der Waals surface area contributed by atoms with E-state index in [1.165, 1.54) is 6.92 Å². The lowest BCUT2D eigenvalue weighted by molar-refractivity contribution is -0.116. The van der Waals surface area contributed by atoms with Crippen molar-refractivity contribution >= 4 is 42.2 Å². The van der Waals surface area contributed by atoms with E-state index in [1.807, 2.05) is 0 Å². The summed E-state index contributed by atoms with van der Waals surface area (Å²) in [5.74, 6) is -0.686. The molecular formula is C10H15N3O5S3. The molecule has 118 valence electrons. The minimum Gasteiger partial charge on any atom is -0.301 e. The molecule has 1 amide bonds. The van der Waals surface area contributed by atoms with Crippen molar-refractivity contribution in [3.63, 3.8) is 0 Å². The van der Waals surface area contributed by atoms with E-state index in [4.69, 9.17) is 5.14 Å². The summed E-state index contributed by atoms with van der Waals surface area (Å²) < 4.78 is 46.1. The molecule has 1 aromatic heterocycles. The lowest BCUT2D eigenvalue weighted by atomic mass is 10.2. The summed E-state index contributed by atoms with van der Waals surface area (Å²) in [5.41, 5.74) is 0.171. The van der Waals surface area contributed by atoms with E-state index in [0.717, 1.165) is 0 Å². The van der Waals surface area contributed by atoms with Crippen LogP contribution in [0.4, 0.5) is 5.13 Å². The Balaban J connectivity index is 2.21. The van der Waals surface area contributed by atoms with E-state index in [9.17, 15) is 21.6 Å². The standard InChI is InChI=1S/C10H15N3O5S3/c1-6-9(21(11,17)18)19-10(12-6)13-8(14)7-4-2-3-5-20(7,15)16/h7H,2-5H2,1H3,(H2,11,17,18)(H,12,13,14). The third kappa shape index (κ3) is 3.59. The largest absolute Gasteiger partial charge is 0.301 e. The van der Waals surface area contributed by atoms with Crippen molar-refractivity contribution in [3.05, 3.63) is 5.69 Å². The SMILES string of the molecule is Cc1nc(NC(=O)C2CCCCS2(=O)=O)sc1S(N)(=O)=O. The monoisotopic (exact) mass is 353 g/mol. The normalized spacial score (nSPS) is 21.9. The van der Waals surface area contributed by atoms with Gasteiger partial charge in [0.2, 0.25) is 15.9 Å². The molecule has 2 rings (SSSR count). The number of nitrogens with zero attached hydrogens (tertiary/aromatic N) is 1. The van der Waals surface area contributed by atoms with Crippen LogP contribution in [0.5, 0.6) is 0 Å². The van der Waals surface area contributed by atoms with Crippen molar-refractivity contribution in [3.8, 4) is 0 Å². The molecule has 1 atom stereocenters. The number of amides is 1. The summed E-state index contributed by atoms with van der Waals surface area (Å²) in [6.45, 7) is 1.45. The highest BCUT2D eigenvalue weighted by Crippen LogP contribution is 2.27. The minimum absolute atomic E-state index is 0.00951. The maximum absolute atomic E-state index is 12.0. The average molecular weight is 353 g/mol. The quantitative estimate of drug-likeness (QED) is 0.785. The predicted molar refractivity (Wildman–Crippen MR) is 78.3 cm³/mol. The zero-order chi connectivity index (χ0) is 15.8. The number of sulfone groups is 1. The Morgan fingerprint density at radius 3 is 2.62 bits per heavy atom. The fraction of sp³-hybridized carbons (Fsp3) is 0.600. The molecule has 1 aromatic rings. The molecule has 0 aliphatic carbocycles. The molecule has 1 fully saturated rings. The van der Waals surface area contributed by atoms with Gasteiger partial charge in [-0.25, -0.2) is 27.0 Å². The Bertz CT molecular complexity index is 766. The highest BCUT2D eigenvalue weighted by molar-refractivity contribution is 7.92. The maximum Gasteiger partial charge on any atom is 0.249 e. The summed E-state index contributed by atoms with van der Waals surface area (Å²) in [4.78, 5) is 15.9. The number of anilines is 1. The lowest BCUT2D eigenvalue weighted by Crippen LogP contribution is -2.39. The zero-order valence-electron chi connectivity index (χ0n) is 11.2. The van der Waals surface area contributed by atoms with E-state index >= 15 is 0 Å². The molecule has 2 heterocycles. The minimum atomic E-state index is -3.91. The van der Waals surface area contributed by atoms with Crippen LogP contribution in [-0.2, 0) is 24.7 Å². The lowest BCUT2D eigenvalue weighted by Gasteiger charge is -2.20. The molecular weight excluding hydrogens is 338 g/mol. The third-order valence-electron chi connectivity index (χ3n) is 3.11. The van der Waals surface area contributed by atoms with Crippen molar-refractivity contribution in [1.29, 1.82) is 0 Å². The number of thiazole rings is 1. The zero-order valence-corrected chi connectivity index (χ0v) is 13.6. The second-order valence-corrected chi connectivity index (χ2v) is 9.84. The van der Waals surface area contributed by atoms with Crippen molar-refractivity contribution in [2.75, 3.05) is 11.1 Å². The van der Waals surface area contributed by atoms with Gasteiger partial charge in [-0.1, -0.05) is 17.8 Å². The van der Waals surface area contributed by atoms with Gasteiger partial charge in [-0.3, -0.25) is 4.79 Å². The molecule has 1 aliphatic heterocycles. The first-order valence-electron chi connectivity index (χ1n) is 6.14. The Hall–Kier alpha value is -1.04. The number of carbonyl (C=O) groups excluding carboxylic acids is 1. The molecule has 8 nitrogen and oxygen atoms in total. The first-order valence-corrected chi connectivity index (χ1v) is 10.2. The number of nitrogens with two attached hydrogens (primary N) is 1. The fourth-order valence-electron chi connectivity index (χ4n) is 2.13. The fourth-order valence-corrected chi connectivity index (χ4v) is 5.80. The van der Waals surface area contributed by atoms with Crippen molar-refractivity contribution in [2.24, 2.45) is 5.14 Å². The van der Waals surface area contributed by atoms with E-state index in [-0.39, 0.29) is 27.2 Å². The van der Waals surface area contributed by atoms with Crippen LogP contribution in [0.15, 0.2) is 4.21 Å². The number of sulfonamides is 1. The molecule has 1 unspecified atom stereocenters. The van der Waals surface area contributed by atoms with E-state index < -0.39 is 31.0 Å². The maximum atomic E-state index is 12.0. The summed E-state index contributed by atoms with van der Waals surface area (Å²) in [6, 6.07) is 0. The van der Waals surface area contributed by atoms with Crippen LogP contribution >= 0.6 is 11.3 Å². The van der Waals surface area contributed by atoms with Gasteiger partial charge in [0.05, 0.1) is 11.4 Å². The van der Waals surface area contributed by atoms with Gasteiger partial charge in [-0.15, -0.1) is 0 Å². The number of carbonyl (C=O) groups is 1. The van der Waals surface area contributed by atoms with Gasteiger partial charge in [0.25, 0.3) is 0 Å². The van der Waals surface area contributed by atoms with E-state index in [0.29, 0.717) is 24.2 Å². The Morgan fingerprint density at radius 1 is 1.43 bits per heavy atom. The molecule has 21 heavy (non-hydrogen) atoms. The number of hydrogen-bond acceptors (Lipinski definition) is 7. The number of primary sulfonamides is 1. The second kappa shape index (κ2) is 5.63. The summed E-state index contributed by atoms with van der Waals surface area (Å²) in [7, 11) is -7.36. The van der Waals surface area contributed by atoms with Crippen LogP contribution < -0.4 is 10.5 Å². The summed E-state index contributed by atoms with van der Waals surface area (Å²) in [6.07, 6.45) is 1.48. The predicted octanol–water partition coefficient (Wildman–Crippen LogP) is 0.00472. The van der Waals surface area contributed by atoms with Crippen LogP contribution in [0.25, 0.3) is 0 Å². The summed E-state index contributed by atoms with van der Waals surface area (Å²) >= 11 is 0.708. The second-order valence-electron chi connectivity index (χ2n) is 4.78. The highest BCUT2D eigenvalue weighted by atomic mass is 32.2. The van der Waals surface area contributed by atoms with E-state index in [2.05, 4.69) is 10.3 Å². The van der Waals surface area contributed by atoms with Crippen molar-refractivity contribution in [2.45, 2.75) is 35.6 Å². The molecule has 0 saturated carbocycles. The van der Waals surface area contributed by atoms with Crippen molar-refractivity contribution in [1.82, 2.24) is 4.98 Å². The van der Waals surface area contributed by atoms with Gasteiger partial charge in [0.1, 0.15) is 5.25 Å². The molecule has 11 heteroatoms. The molecule has 0 aromatic carbocycles. The first-order chi connectivity index (χ1) is 9.61. The number of nitrogens with one attached hydrogen (secondary N) is 1. The van der Waals surface area contributed by atoms with Gasteiger partial charge in [0, 0.05) is 0 Å². The Labute approximate surface area is 126 Å². The first kappa shape index (κ1) is 16.3. The molecule has 1 saturated heterocycles. The third-order valence-corrected chi connectivity index (χ3v) is 7.91. The number of aryl methyl sites for hydroxylation is 1. The Kier molecular flexibility index (Phi) is 4.38. The van der Waals surface area contributed by atoms with Gasteiger partial charge >= 0.3 is 0 Å². The number of rotatable bonds is 3. The smallest absolute Gasteiger partial charge is 0.249 e. The highest BCUT2D eigenvalue weighted by Gasteiger charge is 2.35. The van der Waals surface area contributed by atoms with Crippen LogP contribution in [0, 0.1) is 6.92 Å². The van der Waals surface area contributed by atoms with Crippen LogP contribution in [0.3, 0.4) is 0 Å². The van der Waals surface area contributed by atoms with Gasteiger partial charge in [0.15, 0.2) is 19.2 Å². The van der Waals surface area contributed by atoms with Crippen LogP contribution in [0.1, 0.15) is 25.0 Å². The Morgan fingerprint density at radius 2 is 2.10 bits per heavy atom. The molecule has 0 bridgehead atoms. The van der Waals surface area contributed by atoms with Crippen LogP contribution in [0.2, 0.25) is 0 Å². The average Bonchev–Trinajstić information content (AvgIpc) is 2.69. The topological polar surface area (TPSA) is 136 Å². The molecule has 0 spiro atoms. The van der Waals surface area contributed by atoms with Gasteiger partial charge in [-0.2, -0.15) is 0 Å². The van der Waals surface area contributed by atoms with Gasteiger partial charge in [-0.05, 0) is 19.8 Å². The van der Waals surface area contributed by atoms with Gasteiger partial charge < -0.3 is 5.32 Å². The molecule has 0 radical (unpaired) electrons. The molecule has 1 aliphatic rings. The number of hydrogen-bond donors (Lipinski definition) is 2.